The molecule has 1 aliphatic rings. The maximum atomic E-state index is 13.0. The third-order valence-electron chi connectivity index (χ3n) is 4.31. The maximum absolute atomic E-state index is 13.0. The third kappa shape index (κ3) is 4.43. The van der Waals surface area contributed by atoms with Crippen molar-refractivity contribution in [1.29, 1.82) is 0 Å². The molecule has 2 unspecified atom stereocenters. The van der Waals surface area contributed by atoms with Crippen molar-refractivity contribution in [2.45, 2.75) is 31.0 Å². The number of hydrogen-bond donors (Lipinski definition) is 1. The number of halogens is 2. The van der Waals surface area contributed by atoms with E-state index in [0.717, 1.165) is 0 Å². The molecule has 9 heteroatoms. The fourth-order valence-corrected chi connectivity index (χ4v) is 5.01. The zero-order valence-corrected chi connectivity index (χ0v) is 17.7. The van der Waals surface area contributed by atoms with Gasteiger partial charge in [0.15, 0.2) is 0 Å². The molecule has 3 rings (SSSR count). The van der Waals surface area contributed by atoms with Gasteiger partial charge in [-0.15, -0.1) is 0 Å². The summed E-state index contributed by atoms with van der Waals surface area (Å²) in [5, 5.41) is 0.0569. The molecule has 6 nitrogen and oxygen atoms in total. The molecular formula is C19H20Cl2N2O4S. The molecule has 2 aromatic carbocycles. The van der Waals surface area contributed by atoms with Gasteiger partial charge in [-0.2, -0.15) is 0 Å². The molecule has 0 spiro atoms. The number of rotatable bonds is 4. The third-order valence-corrected chi connectivity index (χ3v) is 6.65. The van der Waals surface area contributed by atoms with Crippen molar-refractivity contribution in [2.24, 2.45) is 0 Å². The van der Waals surface area contributed by atoms with Crippen LogP contribution in [0.3, 0.4) is 0 Å². The smallest absolute Gasteiger partial charge is 0.263 e. The van der Waals surface area contributed by atoms with Crippen LogP contribution in [-0.2, 0) is 14.8 Å². The largest absolute Gasteiger partial charge is 0.372 e. The van der Waals surface area contributed by atoms with Crippen LogP contribution in [0.25, 0.3) is 0 Å². The minimum Gasteiger partial charge on any atom is -0.372 e. The number of nitrogens with one attached hydrogen (secondary N) is 1. The average Bonchev–Trinajstić information content (AvgIpc) is 2.62. The zero-order valence-electron chi connectivity index (χ0n) is 15.4. The van der Waals surface area contributed by atoms with E-state index >= 15 is 0 Å². The molecule has 2 atom stereocenters. The quantitative estimate of drug-likeness (QED) is 0.774. The van der Waals surface area contributed by atoms with Gasteiger partial charge in [-0.3, -0.25) is 9.52 Å². The highest BCUT2D eigenvalue weighted by Crippen LogP contribution is 2.31. The van der Waals surface area contributed by atoms with Gasteiger partial charge in [0, 0.05) is 13.1 Å². The highest BCUT2D eigenvalue weighted by Gasteiger charge is 2.29. The van der Waals surface area contributed by atoms with Gasteiger partial charge in [0.2, 0.25) is 0 Å². The first-order valence-corrected chi connectivity index (χ1v) is 10.9. The Bertz CT molecular complexity index is 987. The molecule has 1 saturated heterocycles. The zero-order chi connectivity index (χ0) is 20.5. The Morgan fingerprint density at radius 2 is 1.71 bits per heavy atom. The molecule has 28 heavy (non-hydrogen) atoms. The summed E-state index contributed by atoms with van der Waals surface area (Å²) in [6.45, 7) is 4.66. The highest BCUT2D eigenvalue weighted by molar-refractivity contribution is 7.92. The molecule has 0 saturated carbocycles. The van der Waals surface area contributed by atoms with E-state index in [9.17, 15) is 13.2 Å². The number of para-hydroxylation sites is 1. The van der Waals surface area contributed by atoms with E-state index < -0.39 is 10.0 Å². The number of hydrogen-bond acceptors (Lipinski definition) is 4. The Morgan fingerprint density at radius 3 is 2.39 bits per heavy atom. The predicted molar refractivity (Wildman–Crippen MR) is 110 cm³/mol. The van der Waals surface area contributed by atoms with Crippen LogP contribution in [0.1, 0.15) is 24.2 Å². The molecule has 0 aliphatic carbocycles. The number of carbonyl (C=O) groups excluding carboxylic acids is 1. The van der Waals surface area contributed by atoms with Gasteiger partial charge in [-0.05, 0) is 38.1 Å². The van der Waals surface area contributed by atoms with Crippen LogP contribution in [0.15, 0.2) is 47.4 Å². The second kappa shape index (κ2) is 8.29. The fraction of sp³-hybridized carbons (Fsp3) is 0.316. The van der Waals surface area contributed by atoms with Crippen molar-refractivity contribution >= 4 is 44.8 Å². The fourth-order valence-electron chi connectivity index (χ4n) is 3.16. The topological polar surface area (TPSA) is 75.7 Å². The van der Waals surface area contributed by atoms with Gasteiger partial charge >= 0.3 is 0 Å². The predicted octanol–water partition coefficient (Wildman–Crippen LogP) is 4.04. The lowest BCUT2D eigenvalue weighted by molar-refractivity contribution is -0.0585. The lowest BCUT2D eigenvalue weighted by Gasteiger charge is -2.35. The van der Waals surface area contributed by atoms with Crippen LogP contribution < -0.4 is 4.72 Å². The van der Waals surface area contributed by atoms with E-state index in [0.29, 0.717) is 13.1 Å². The molecule has 1 N–H and O–H groups in total. The lowest BCUT2D eigenvalue weighted by atomic mass is 10.1. The summed E-state index contributed by atoms with van der Waals surface area (Å²) in [7, 11) is -4.04. The number of morpholine rings is 1. The number of amides is 1. The molecule has 150 valence electrons. The van der Waals surface area contributed by atoms with Crippen molar-refractivity contribution in [3.05, 3.63) is 58.1 Å². The molecular weight excluding hydrogens is 423 g/mol. The first-order chi connectivity index (χ1) is 13.2. The number of benzene rings is 2. The Labute approximate surface area is 174 Å². The molecule has 1 aliphatic heterocycles. The second-order valence-electron chi connectivity index (χ2n) is 6.67. The summed E-state index contributed by atoms with van der Waals surface area (Å²) in [4.78, 5) is 14.6. The Morgan fingerprint density at radius 1 is 1.07 bits per heavy atom. The van der Waals surface area contributed by atoms with E-state index in [2.05, 4.69) is 4.72 Å². The standard InChI is InChI=1S/C19H20Cl2N2O4S/c1-12-10-23(11-13(2)27-12)19(24)14-6-3-4-8-16(14)22-28(25,26)17-9-5-7-15(20)18(17)21/h3-9,12-13,22H,10-11H2,1-2H3. The van der Waals surface area contributed by atoms with E-state index in [4.69, 9.17) is 27.9 Å². The summed E-state index contributed by atoms with van der Waals surface area (Å²) in [6.07, 6.45) is -0.191. The Hall–Kier alpha value is -1.80. The van der Waals surface area contributed by atoms with Gasteiger partial charge in [0.05, 0.1) is 33.5 Å². The monoisotopic (exact) mass is 442 g/mol. The Kier molecular flexibility index (Phi) is 6.19. The van der Waals surface area contributed by atoms with Crippen LogP contribution >= 0.6 is 23.2 Å². The highest BCUT2D eigenvalue weighted by atomic mass is 35.5. The molecule has 0 aromatic heterocycles. The maximum Gasteiger partial charge on any atom is 0.263 e. The number of ether oxygens (including phenoxy) is 1. The van der Waals surface area contributed by atoms with Crippen molar-refractivity contribution in [2.75, 3.05) is 17.8 Å². The van der Waals surface area contributed by atoms with Crippen LogP contribution in [-0.4, -0.2) is 44.5 Å². The van der Waals surface area contributed by atoms with Crippen molar-refractivity contribution in [3.63, 3.8) is 0 Å². The first kappa shape index (κ1) is 20.9. The number of carbonyl (C=O) groups is 1. The minimum absolute atomic E-state index is 0.0729. The Balaban J connectivity index is 1.92. The average molecular weight is 443 g/mol. The summed E-state index contributed by atoms with van der Waals surface area (Å²) in [6, 6.07) is 10.8. The minimum atomic E-state index is -4.04. The van der Waals surface area contributed by atoms with E-state index in [-0.39, 0.29) is 44.3 Å². The molecule has 2 aromatic rings. The van der Waals surface area contributed by atoms with Gasteiger partial charge in [0.25, 0.3) is 15.9 Å². The van der Waals surface area contributed by atoms with Crippen LogP contribution in [0.5, 0.6) is 0 Å². The van der Waals surface area contributed by atoms with E-state index in [1.807, 2.05) is 13.8 Å². The van der Waals surface area contributed by atoms with Gasteiger partial charge in [-0.25, -0.2) is 8.42 Å². The van der Waals surface area contributed by atoms with Gasteiger partial charge in [-0.1, -0.05) is 41.4 Å². The van der Waals surface area contributed by atoms with E-state index in [1.165, 1.54) is 24.3 Å². The first-order valence-electron chi connectivity index (χ1n) is 8.69. The van der Waals surface area contributed by atoms with Crippen molar-refractivity contribution in [1.82, 2.24) is 4.90 Å². The van der Waals surface area contributed by atoms with Gasteiger partial charge < -0.3 is 9.64 Å². The number of anilines is 1. The normalized spacial score (nSPS) is 20.1. The second-order valence-corrected chi connectivity index (χ2v) is 9.11. The summed E-state index contributed by atoms with van der Waals surface area (Å²) >= 11 is 12.0. The van der Waals surface area contributed by atoms with E-state index in [1.54, 1.807) is 23.1 Å². The summed E-state index contributed by atoms with van der Waals surface area (Å²) < 4.78 is 33.8. The van der Waals surface area contributed by atoms with Crippen LogP contribution in [0, 0.1) is 0 Å². The van der Waals surface area contributed by atoms with Crippen molar-refractivity contribution in [3.8, 4) is 0 Å². The van der Waals surface area contributed by atoms with Gasteiger partial charge in [0.1, 0.15) is 4.90 Å². The number of nitrogens with zero attached hydrogens (tertiary/aromatic N) is 1. The lowest BCUT2D eigenvalue weighted by Crippen LogP contribution is -2.48. The molecule has 0 bridgehead atoms. The van der Waals surface area contributed by atoms with Crippen molar-refractivity contribution < 1.29 is 17.9 Å². The number of sulfonamides is 1. The summed E-state index contributed by atoms with van der Waals surface area (Å²) in [5.74, 6) is -0.266. The molecule has 1 heterocycles. The summed E-state index contributed by atoms with van der Waals surface area (Å²) in [5.41, 5.74) is 0.431. The van der Waals surface area contributed by atoms with Crippen LogP contribution in [0.4, 0.5) is 5.69 Å². The molecule has 0 radical (unpaired) electrons. The molecule has 1 amide bonds. The SMILES string of the molecule is CC1CN(C(=O)c2ccccc2NS(=O)(=O)c2cccc(Cl)c2Cl)CC(C)O1. The molecule has 1 fully saturated rings. The van der Waals surface area contributed by atoms with Crippen LogP contribution in [0.2, 0.25) is 10.0 Å².